The SMILES string of the molecule is CCNC(=NCc1ccco1)N(C)Cc1ccc(C)cc1. The van der Waals surface area contributed by atoms with Gasteiger partial charge in [0.2, 0.25) is 0 Å². The number of benzene rings is 1. The summed E-state index contributed by atoms with van der Waals surface area (Å²) in [5.41, 5.74) is 2.55. The largest absolute Gasteiger partial charge is 0.467 e. The van der Waals surface area contributed by atoms with E-state index in [4.69, 9.17) is 4.42 Å². The van der Waals surface area contributed by atoms with Crippen LogP contribution in [0.25, 0.3) is 0 Å². The summed E-state index contributed by atoms with van der Waals surface area (Å²) in [5, 5.41) is 3.31. The lowest BCUT2D eigenvalue weighted by Gasteiger charge is -2.22. The Bertz CT molecular complexity index is 558. The number of hydrogen-bond donors (Lipinski definition) is 1. The molecule has 4 nitrogen and oxygen atoms in total. The minimum absolute atomic E-state index is 0.549. The van der Waals surface area contributed by atoms with Gasteiger partial charge >= 0.3 is 0 Å². The van der Waals surface area contributed by atoms with Crippen LogP contribution >= 0.6 is 0 Å². The van der Waals surface area contributed by atoms with Crippen molar-refractivity contribution in [2.75, 3.05) is 13.6 Å². The highest BCUT2D eigenvalue weighted by molar-refractivity contribution is 5.79. The number of hydrogen-bond acceptors (Lipinski definition) is 2. The van der Waals surface area contributed by atoms with E-state index in [9.17, 15) is 0 Å². The molecular weight excluding hydrogens is 262 g/mol. The van der Waals surface area contributed by atoms with Crippen molar-refractivity contribution in [3.05, 3.63) is 59.5 Å². The van der Waals surface area contributed by atoms with E-state index in [1.165, 1.54) is 11.1 Å². The molecule has 0 aliphatic heterocycles. The van der Waals surface area contributed by atoms with Gasteiger partial charge in [0.15, 0.2) is 5.96 Å². The van der Waals surface area contributed by atoms with Gasteiger partial charge in [-0.25, -0.2) is 4.99 Å². The fourth-order valence-corrected chi connectivity index (χ4v) is 2.07. The predicted octanol–water partition coefficient (Wildman–Crippen LogP) is 3.19. The van der Waals surface area contributed by atoms with Gasteiger partial charge in [-0.2, -0.15) is 0 Å². The fraction of sp³-hybridized carbons (Fsp3) is 0.353. The maximum absolute atomic E-state index is 5.32. The van der Waals surface area contributed by atoms with Gasteiger partial charge < -0.3 is 14.6 Å². The maximum Gasteiger partial charge on any atom is 0.194 e. The molecule has 0 atom stereocenters. The van der Waals surface area contributed by atoms with Gasteiger partial charge in [-0.1, -0.05) is 29.8 Å². The zero-order chi connectivity index (χ0) is 15.1. The second-order valence-electron chi connectivity index (χ2n) is 5.09. The Kier molecular flexibility index (Phi) is 5.43. The Morgan fingerprint density at radius 2 is 2.00 bits per heavy atom. The fourth-order valence-electron chi connectivity index (χ4n) is 2.07. The van der Waals surface area contributed by atoms with Crippen LogP contribution < -0.4 is 5.32 Å². The number of nitrogens with one attached hydrogen (secondary N) is 1. The first-order valence-electron chi connectivity index (χ1n) is 7.26. The summed E-state index contributed by atoms with van der Waals surface area (Å²) in [7, 11) is 2.05. The van der Waals surface area contributed by atoms with Crippen molar-refractivity contribution >= 4 is 5.96 Å². The molecule has 0 amide bonds. The topological polar surface area (TPSA) is 40.8 Å². The van der Waals surface area contributed by atoms with Crippen LogP contribution in [0.5, 0.6) is 0 Å². The first kappa shape index (κ1) is 15.2. The molecule has 1 aromatic heterocycles. The Balaban J connectivity index is 2.02. The first-order chi connectivity index (χ1) is 10.2. The van der Waals surface area contributed by atoms with Gasteiger partial charge in [0, 0.05) is 20.1 Å². The highest BCUT2D eigenvalue weighted by atomic mass is 16.3. The lowest BCUT2D eigenvalue weighted by Crippen LogP contribution is -2.38. The number of furan rings is 1. The van der Waals surface area contributed by atoms with Gasteiger partial charge in [0.05, 0.1) is 6.26 Å². The molecule has 4 heteroatoms. The third-order valence-electron chi connectivity index (χ3n) is 3.20. The third kappa shape index (κ3) is 4.67. The second kappa shape index (κ2) is 7.53. The minimum Gasteiger partial charge on any atom is -0.467 e. The molecule has 0 saturated carbocycles. The third-order valence-corrected chi connectivity index (χ3v) is 3.20. The summed E-state index contributed by atoms with van der Waals surface area (Å²) in [6.07, 6.45) is 1.67. The molecule has 0 fully saturated rings. The summed E-state index contributed by atoms with van der Waals surface area (Å²) >= 11 is 0. The van der Waals surface area contributed by atoms with E-state index in [0.717, 1.165) is 24.8 Å². The number of nitrogens with zero attached hydrogens (tertiary/aromatic N) is 2. The Morgan fingerprint density at radius 1 is 1.24 bits per heavy atom. The summed E-state index contributed by atoms with van der Waals surface area (Å²) in [6, 6.07) is 12.4. The Labute approximate surface area is 126 Å². The Hall–Kier alpha value is -2.23. The molecule has 0 bridgehead atoms. The molecule has 0 radical (unpaired) electrons. The van der Waals surface area contributed by atoms with Crippen LogP contribution in [0.2, 0.25) is 0 Å². The molecular formula is C17H23N3O. The molecule has 0 saturated heterocycles. The molecule has 2 rings (SSSR count). The average Bonchev–Trinajstić information content (AvgIpc) is 2.99. The lowest BCUT2D eigenvalue weighted by molar-refractivity contribution is 0.470. The number of guanidine groups is 1. The van der Waals surface area contributed by atoms with Crippen LogP contribution in [0, 0.1) is 6.92 Å². The molecule has 1 N–H and O–H groups in total. The van der Waals surface area contributed by atoms with Crippen molar-refractivity contribution in [2.24, 2.45) is 4.99 Å². The molecule has 0 aliphatic carbocycles. The smallest absolute Gasteiger partial charge is 0.194 e. The number of rotatable bonds is 5. The van der Waals surface area contributed by atoms with E-state index >= 15 is 0 Å². The number of aryl methyl sites for hydroxylation is 1. The Morgan fingerprint density at radius 3 is 2.62 bits per heavy atom. The van der Waals surface area contributed by atoms with E-state index < -0.39 is 0 Å². The minimum atomic E-state index is 0.549. The summed E-state index contributed by atoms with van der Waals surface area (Å²) in [4.78, 5) is 6.73. The summed E-state index contributed by atoms with van der Waals surface area (Å²) in [6.45, 7) is 6.39. The van der Waals surface area contributed by atoms with Gasteiger partial charge in [0.1, 0.15) is 12.3 Å². The van der Waals surface area contributed by atoms with Crippen molar-refractivity contribution in [2.45, 2.75) is 26.9 Å². The van der Waals surface area contributed by atoms with Crippen LogP contribution in [-0.2, 0) is 13.1 Å². The summed E-state index contributed by atoms with van der Waals surface area (Å²) in [5.74, 6) is 1.75. The van der Waals surface area contributed by atoms with Gasteiger partial charge in [0.25, 0.3) is 0 Å². The second-order valence-corrected chi connectivity index (χ2v) is 5.09. The van der Waals surface area contributed by atoms with Gasteiger partial charge in [-0.3, -0.25) is 0 Å². The molecule has 0 aliphatic rings. The normalized spacial score (nSPS) is 11.5. The molecule has 0 unspecified atom stereocenters. The zero-order valence-electron chi connectivity index (χ0n) is 13.0. The van der Waals surface area contributed by atoms with E-state index in [1.807, 2.05) is 19.2 Å². The average molecular weight is 285 g/mol. The predicted molar refractivity (Wildman–Crippen MR) is 86.2 cm³/mol. The van der Waals surface area contributed by atoms with Crippen molar-refractivity contribution < 1.29 is 4.42 Å². The molecule has 1 heterocycles. The van der Waals surface area contributed by atoms with E-state index in [2.05, 4.69) is 53.3 Å². The van der Waals surface area contributed by atoms with Gasteiger partial charge in [-0.05, 0) is 31.5 Å². The number of aliphatic imine (C=N–C) groups is 1. The van der Waals surface area contributed by atoms with Crippen LogP contribution in [0.1, 0.15) is 23.8 Å². The lowest BCUT2D eigenvalue weighted by atomic mass is 10.1. The van der Waals surface area contributed by atoms with E-state index in [-0.39, 0.29) is 0 Å². The highest BCUT2D eigenvalue weighted by Crippen LogP contribution is 2.07. The standard InChI is InChI=1S/C17H23N3O/c1-4-18-17(19-12-16-6-5-11-21-16)20(3)13-15-9-7-14(2)8-10-15/h5-11H,4,12-13H2,1-3H3,(H,18,19). The maximum atomic E-state index is 5.32. The first-order valence-corrected chi connectivity index (χ1v) is 7.26. The van der Waals surface area contributed by atoms with Crippen LogP contribution in [0.3, 0.4) is 0 Å². The molecule has 0 spiro atoms. The van der Waals surface area contributed by atoms with Crippen molar-refractivity contribution in [3.63, 3.8) is 0 Å². The molecule has 2 aromatic rings. The van der Waals surface area contributed by atoms with Crippen LogP contribution in [0.4, 0.5) is 0 Å². The molecule has 112 valence electrons. The quantitative estimate of drug-likeness (QED) is 0.677. The van der Waals surface area contributed by atoms with Crippen molar-refractivity contribution in [1.82, 2.24) is 10.2 Å². The van der Waals surface area contributed by atoms with Crippen molar-refractivity contribution in [3.8, 4) is 0 Å². The van der Waals surface area contributed by atoms with Crippen LogP contribution in [-0.4, -0.2) is 24.5 Å². The summed E-state index contributed by atoms with van der Waals surface area (Å²) < 4.78 is 5.32. The van der Waals surface area contributed by atoms with E-state index in [0.29, 0.717) is 6.54 Å². The molecule has 1 aromatic carbocycles. The highest BCUT2D eigenvalue weighted by Gasteiger charge is 2.06. The zero-order valence-corrected chi connectivity index (χ0v) is 13.0. The monoisotopic (exact) mass is 285 g/mol. The van der Waals surface area contributed by atoms with Crippen molar-refractivity contribution in [1.29, 1.82) is 0 Å². The van der Waals surface area contributed by atoms with Crippen LogP contribution in [0.15, 0.2) is 52.1 Å². The van der Waals surface area contributed by atoms with E-state index in [1.54, 1.807) is 6.26 Å². The van der Waals surface area contributed by atoms with Gasteiger partial charge in [-0.15, -0.1) is 0 Å². The molecule has 21 heavy (non-hydrogen) atoms.